The van der Waals surface area contributed by atoms with Crippen molar-refractivity contribution < 1.29 is 42.1 Å². The average Bonchev–Trinajstić information content (AvgIpc) is 3.29. The van der Waals surface area contributed by atoms with Crippen LogP contribution in [0.1, 0.15) is 17.0 Å². The van der Waals surface area contributed by atoms with Gasteiger partial charge in [-0.3, -0.25) is 9.69 Å². The lowest BCUT2D eigenvalue weighted by Gasteiger charge is -2.20. The van der Waals surface area contributed by atoms with Crippen LogP contribution in [0.4, 0.5) is 13.6 Å². The number of nitrogens with zero attached hydrogens (tertiary/aromatic N) is 2. The first-order chi connectivity index (χ1) is 19.3. The number of alkyl halides is 2. The van der Waals surface area contributed by atoms with Gasteiger partial charge in [0.05, 0.1) is 12.3 Å². The highest BCUT2D eigenvalue weighted by Crippen LogP contribution is 2.23. The SMILES string of the molecule is Cc1oc(-c2ccccc2)nc1CCOc1ccc(CN(CC(=O)O)C(=O)Oc2cccc(OC(F)F)c2)cc1. The van der Waals surface area contributed by atoms with Crippen LogP contribution >= 0.6 is 0 Å². The van der Waals surface area contributed by atoms with Gasteiger partial charge in [-0.15, -0.1) is 0 Å². The highest BCUT2D eigenvalue weighted by atomic mass is 19.3. The highest BCUT2D eigenvalue weighted by molar-refractivity contribution is 5.78. The van der Waals surface area contributed by atoms with Crippen LogP contribution in [0.25, 0.3) is 11.5 Å². The van der Waals surface area contributed by atoms with Gasteiger partial charge < -0.3 is 23.7 Å². The zero-order valence-corrected chi connectivity index (χ0v) is 21.5. The molecular formula is C29H26F2N2O7. The minimum absolute atomic E-state index is 0.0690. The van der Waals surface area contributed by atoms with Gasteiger partial charge in [-0.1, -0.05) is 36.4 Å². The van der Waals surface area contributed by atoms with Crippen LogP contribution in [0.15, 0.2) is 83.3 Å². The number of benzene rings is 3. The molecule has 11 heteroatoms. The van der Waals surface area contributed by atoms with E-state index >= 15 is 0 Å². The molecule has 0 bridgehead atoms. The number of hydrogen-bond donors (Lipinski definition) is 1. The Morgan fingerprint density at radius 3 is 2.40 bits per heavy atom. The number of carboxylic acid groups (broad SMARTS) is 1. The molecule has 4 rings (SSSR count). The van der Waals surface area contributed by atoms with Crippen molar-refractivity contribution in [3.63, 3.8) is 0 Å². The molecule has 208 valence electrons. The van der Waals surface area contributed by atoms with Crippen LogP contribution in [0.3, 0.4) is 0 Å². The first kappa shape index (κ1) is 28.1. The summed E-state index contributed by atoms with van der Waals surface area (Å²) in [4.78, 5) is 29.5. The van der Waals surface area contributed by atoms with Crippen LogP contribution < -0.4 is 14.2 Å². The van der Waals surface area contributed by atoms with E-state index in [9.17, 15) is 23.5 Å². The molecule has 1 N–H and O–H groups in total. The maximum absolute atomic E-state index is 12.7. The Kier molecular flexibility index (Phi) is 9.29. The van der Waals surface area contributed by atoms with E-state index in [2.05, 4.69) is 9.72 Å². The Bertz CT molecular complexity index is 1430. The van der Waals surface area contributed by atoms with Gasteiger partial charge in [-0.25, -0.2) is 9.78 Å². The summed E-state index contributed by atoms with van der Waals surface area (Å²) in [5.74, 6) is 0.339. The molecule has 0 aliphatic rings. The van der Waals surface area contributed by atoms with Gasteiger partial charge in [0.15, 0.2) is 0 Å². The Hall–Kier alpha value is -4.93. The second kappa shape index (κ2) is 13.2. The number of carbonyl (C=O) groups is 2. The number of carbonyl (C=O) groups excluding carboxylic acids is 1. The number of ether oxygens (including phenoxy) is 3. The van der Waals surface area contributed by atoms with Gasteiger partial charge in [0, 0.05) is 24.6 Å². The Morgan fingerprint density at radius 1 is 0.975 bits per heavy atom. The van der Waals surface area contributed by atoms with Crippen molar-refractivity contribution in [2.24, 2.45) is 0 Å². The lowest BCUT2D eigenvalue weighted by molar-refractivity contribution is -0.138. The Labute approximate surface area is 228 Å². The zero-order chi connectivity index (χ0) is 28.5. The van der Waals surface area contributed by atoms with Crippen molar-refractivity contribution in [1.82, 2.24) is 9.88 Å². The van der Waals surface area contributed by atoms with Gasteiger partial charge in [-0.05, 0) is 48.9 Å². The topological polar surface area (TPSA) is 111 Å². The average molecular weight is 553 g/mol. The van der Waals surface area contributed by atoms with Crippen molar-refractivity contribution >= 4 is 12.1 Å². The predicted octanol–water partition coefficient (Wildman–Crippen LogP) is 5.96. The van der Waals surface area contributed by atoms with Crippen molar-refractivity contribution in [2.75, 3.05) is 13.2 Å². The van der Waals surface area contributed by atoms with E-state index in [-0.39, 0.29) is 18.0 Å². The third-order valence-corrected chi connectivity index (χ3v) is 5.64. The van der Waals surface area contributed by atoms with Gasteiger partial charge in [0.25, 0.3) is 0 Å². The summed E-state index contributed by atoms with van der Waals surface area (Å²) in [6.45, 7) is -1.54. The quantitative estimate of drug-likeness (QED) is 0.229. The van der Waals surface area contributed by atoms with Crippen molar-refractivity contribution in [3.8, 4) is 28.7 Å². The number of rotatable bonds is 12. The monoisotopic (exact) mass is 552 g/mol. The van der Waals surface area contributed by atoms with Crippen molar-refractivity contribution in [2.45, 2.75) is 26.5 Å². The smallest absolute Gasteiger partial charge is 0.416 e. The second-order valence-electron chi connectivity index (χ2n) is 8.60. The summed E-state index contributed by atoms with van der Waals surface area (Å²) in [6, 6.07) is 21.5. The molecule has 0 spiro atoms. The molecule has 1 heterocycles. The lowest BCUT2D eigenvalue weighted by atomic mass is 10.2. The fraction of sp³-hybridized carbons (Fsp3) is 0.207. The zero-order valence-electron chi connectivity index (χ0n) is 21.5. The molecule has 1 aromatic heterocycles. The van der Waals surface area contributed by atoms with Crippen LogP contribution in [-0.2, 0) is 17.8 Å². The molecule has 3 aromatic carbocycles. The van der Waals surface area contributed by atoms with Crippen LogP contribution in [0.2, 0.25) is 0 Å². The summed E-state index contributed by atoms with van der Waals surface area (Å²) >= 11 is 0. The summed E-state index contributed by atoms with van der Waals surface area (Å²) in [5, 5.41) is 9.26. The molecule has 0 aliphatic heterocycles. The number of oxazole rings is 1. The number of aromatic nitrogens is 1. The third-order valence-electron chi connectivity index (χ3n) is 5.64. The molecule has 0 radical (unpaired) electrons. The first-order valence-corrected chi connectivity index (χ1v) is 12.2. The summed E-state index contributed by atoms with van der Waals surface area (Å²) in [5.41, 5.74) is 2.31. The largest absolute Gasteiger partial charge is 0.493 e. The van der Waals surface area contributed by atoms with Gasteiger partial charge in [-0.2, -0.15) is 8.78 Å². The number of aliphatic carboxylic acids is 1. The highest BCUT2D eigenvalue weighted by Gasteiger charge is 2.20. The molecular weight excluding hydrogens is 526 g/mol. The van der Waals surface area contributed by atoms with E-state index < -0.39 is 25.2 Å². The molecule has 0 fully saturated rings. The summed E-state index contributed by atoms with van der Waals surface area (Å²) in [6.07, 6.45) is -0.430. The van der Waals surface area contributed by atoms with Crippen LogP contribution in [-0.4, -0.2) is 46.8 Å². The van der Waals surface area contributed by atoms with Crippen LogP contribution in [0.5, 0.6) is 17.2 Å². The standard InChI is InChI=1S/C29H26F2N2O7/c1-19-25(32-27(38-19)21-6-3-2-4-7-21)14-15-37-22-12-10-20(11-13-22)17-33(18-26(34)35)29(36)40-24-9-5-8-23(16-24)39-28(30)31/h2-13,16,28H,14-15,17-18H2,1H3,(H,34,35). The molecule has 0 atom stereocenters. The van der Waals surface area contributed by atoms with Gasteiger partial charge in [0.2, 0.25) is 5.89 Å². The third kappa shape index (κ3) is 8.03. The number of carboxylic acids is 1. The maximum atomic E-state index is 12.7. The second-order valence-corrected chi connectivity index (χ2v) is 8.60. The lowest BCUT2D eigenvalue weighted by Crippen LogP contribution is -2.37. The van der Waals surface area contributed by atoms with E-state index in [0.29, 0.717) is 30.2 Å². The summed E-state index contributed by atoms with van der Waals surface area (Å²) in [7, 11) is 0. The number of aryl methyl sites for hydroxylation is 1. The van der Waals surface area contributed by atoms with Crippen LogP contribution in [0, 0.1) is 6.92 Å². The minimum Gasteiger partial charge on any atom is -0.493 e. The van der Waals surface area contributed by atoms with Gasteiger partial charge in [0.1, 0.15) is 29.6 Å². The normalized spacial score (nSPS) is 10.8. The number of hydrogen-bond acceptors (Lipinski definition) is 7. The van der Waals surface area contributed by atoms with Crippen molar-refractivity contribution in [1.29, 1.82) is 0 Å². The fourth-order valence-corrected chi connectivity index (χ4v) is 3.77. The van der Waals surface area contributed by atoms with E-state index in [1.807, 2.05) is 37.3 Å². The molecule has 0 aliphatic carbocycles. The molecule has 1 amide bonds. The molecule has 9 nitrogen and oxygen atoms in total. The fourth-order valence-electron chi connectivity index (χ4n) is 3.77. The molecule has 4 aromatic rings. The van der Waals surface area contributed by atoms with Gasteiger partial charge >= 0.3 is 18.7 Å². The predicted molar refractivity (Wildman–Crippen MR) is 139 cm³/mol. The van der Waals surface area contributed by atoms with Crippen molar-refractivity contribution in [3.05, 3.63) is 95.9 Å². The Morgan fingerprint density at radius 2 is 1.70 bits per heavy atom. The minimum atomic E-state index is -3.04. The van der Waals surface area contributed by atoms with E-state index in [0.717, 1.165) is 28.0 Å². The summed E-state index contributed by atoms with van der Waals surface area (Å²) < 4.78 is 46.0. The molecule has 0 unspecified atom stereocenters. The number of amides is 1. The van der Waals surface area contributed by atoms with E-state index in [4.69, 9.17) is 13.9 Å². The number of halogens is 2. The maximum Gasteiger partial charge on any atom is 0.416 e. The Balaban J connectivity index is 1.32. The first-order valence-electron chi connectivity index (χ1n) is 12.2. The van der Waals surface area contributed by atoms with E-state index in [1.54, 1.807) is 24.3 Å². The van der Waals surface area contributed by atoms with E-state index in [1.165, 1.54) is 18.2 Å². The molecule has 0 saturated carbocycles. The molecule has 0 saturated heterocycles. The molecule has 40 heavy (non-hydrogen) atoms.